The molecule has 0 aliphatic heterocycles. The van der Waals surface area contributed by atoms with Crippen molar-refractivity contribution >= 4 is 0 Å². The van der Waals surface area contributed by atoms with Crippen molar-refractivity contribution in [2.75, 3.05) is 0 Å². The van der Waals surface area contributed by atoms with Crippen molar-refractivity contribution in [3.8, 4) is 0 Å². The minimum Gasteiger partial charge on any atom is -0.0654 e. The van der Waals surface area contributed by atoms with Gasteiger partial charge >= 0.3 is 0 Å². The SMILES string of the molecule is CCCC12CCC(CC1)C2(C)C. The average Bonchev–Trinajstić information content (AvgIpc) is 2.39. The molecular weight excluding hydrogens is 144 g/mol. The smallest absolute Gasteiger partial charge is 0.0243 e. The lowest BCUT2D eigenvalue weighted by Gasteiger charge is -2.38. The van der Waals surface area contributed by atoms with Gasteiger partial charge in [0.1, 0.15) is 0 Å². The molecule has 12 heavy (non-hydrogen) atoms. The maximum atomic E-state index is 2.52. The molecule has 0 amide bonds. The Morgan fingerprint density at radius 1 is 1.17 bits per heavy atom. The Morgan fingerprint density at radius 2 is 1.75 bits per heavy atom. The Balaban J connectivity index is 2.24. The van der Waals surface area contributed by atoms with Gasteiger partial charge in [0.15, 0.2) is 0 Å². The van der Waals surface area contributed by atoms with E-state index in [2.05, 4.69) is 20.8 Å². The van der Waals surface area contributed by atoms with Crippen LogP contribution in [0.5, 0.6) is 0 Å². The molecule has 2 saturated carbocycles. The predicted octanol–water partition coefficient (Wildman–Crippen LogP) is 4.00. The zero-order valence-electron chi connectivity index (χ0n) is 8.82. The van der Waals surface area contributed by atoms with Gasteiger partial charge in [-0.05, 0) is 48.9 Å². The van der Waals surface area contributed by atoms with Gasteiger partial charge in [-0.15, -0.1) is 0 Å². The van der Waals surface area contributed by atoms with Crippen LogP contribution >= 0.6 is 0 Å². The molecule has 0 spiro atoms. The largest absolute Gasteiger partial charge is 0.0654 e. The Morgan fingerprint density at radius 3 is 2.08 bits per heavy atom. The van der Waals surface area contributed by atoms with Gasteiger partial charge in [0.25, 0.3) is 0 Å². The van der Waals surface area contributed by atoms with Crippen LogP contribution in [0, 0.1) is 16.7 Å². The number of rotatable bonds is 2. The van der Waals surface area contributed by atoms with Crippen LogP contribution in [0.4, 0.5) is 0 Å². The fourth-order valence-electron chi connectivity index (χ4n) is 4.02. The lowest BCUT2D eigenvalue weighted by molar-refractivity contribution is 0.115. The topological polar surface area (TPSA) is 0 Å². The fraction of sp³-hybridized carbons (Fsp3) is 1.00. The molecule has 0 radical (unpaired) electrons. The monoisotopic (exact) mass is 166 g/mol. The van der Waals surface area contributed by atoms with Gasteiger partial charge in [-0.1, -0.05) is 27.2 Å². The summed E-state index contributed by atoms with van der Waals surface area (Å²) >= 11 is 0. The molecule has 0 unspecified atom stereocenters. The molecule has 70 valence electrons. The highest BCUT2D eigenvalue weighted by atomic mass is 14.6. The third-order valence-corrected chi connectivity index (χ3v) is 5.06. The Labute approximate surface area is 76.7 Å². The average molecular weight is 166 g/mol. The van der Waals surface area contributed by atoms with E-state index in [0.717, 1.165) is 11.3 Å². The van der Waals surface area contributed by atoms with Crippen molar-refractivity contribution in [1.29, 1.82) is 0 Å². The summed E-state index contributed by atoms with van der Waals surface area (Å²) in [6, 6.07) is 0. The molecule has 2 aliphatic rings. The van der Waals surface area contributed by atoms with Crippen LogP contribution in [0.25, 0.3) is 0 Å². The van der Waals surface area contributed by atoms with Gasteiger partial charge in [0.2, 0.25) is 0 Å². The number of fused-ring (bicyclic) bond motifs is 2. The third kappa shape index (κ3) is 0.843. The molecule has 0 heteroatoms. The first kappa shape index (κ1) is 8.59. The normalized spacial score (nSPS) is 43.8. The summed E-state index contributed by atoms with van der Waals surface area (Å²) in [7, 11) is 0. The summed E-state index contributed by atoms with van der Waals surface area (Å²) in [5.74, 6) is 1.06. The van der Waals surface area contributed by atoms with E-state index in [0.29, 0.717) is 5.41 Å². The molecule has 2 aliphatic carbocycles. The van der Waals surface area contributed by atoms with E-state index in [-0.39, 0.29) is 0 Å². The minimum atomic E-state index is 0.670. The number of hydrogen-bond donors (Lipinski definition) is 0. The standard InChI is InChI=1S/C12H22/c1-4-7-12-8-5-10(6-9-12)11(12,2)3/h10H,4-9H2,1-3H3. The van der Waals surface area contributed by atoms with Gasteiger partial charge < -0.3 is 0 Å². The highest BCUT2D eigenvalue weighted by Crippen LogP contribution is 2.67. The maximum Gasteiger partial charge on any atom is -0.0243 e. The molecule has 2 rings (SSSR count). The molecule has 0 N–H and O–H groups in total. The molecule has 0 aromatic heterocycles. The maximum absolute atomic E-state index is 2.52. The van der Waals surface area contributed by atoms with E-state index in [1.54, 1.807) is 0 Å². The molecule has 0 saturated heterocycles. The van der Waals surface area contributed by atoms with Crippen LogP contribution in [0.3, 0.4) is 0 Å². The van der Waals surface area contributed by atoms with Crippen LogP contribution < -0.4 is 0 Å². The molecule has 0 aromatic carbocycles. The van der Waals surface area contributed by atoms with Gasteiger partial charge in [-0.25, -0.2) is 0 Å². The lowest BCUT2D eigenvalue weighted by Crippen LogP contribution is -2.29. The summed E-state index contributed by atoms with van der Waals surface area (Å²) in [5, 5.41) is 0. The Bertz CT molecular complexity index is 170. The van der Waals surface area contributed by atoms with Crippen LogP contribution in [0.2, 0.25) is 0 Å². The summed E-state index contributed by atoms with van der Waals surface area (Å²) < 4.78 is 0. The summed E-state index contributed by atoms with van der Waals surface area (Å²) in [4.78, 5) is 0. The highest BCUT2D eigenvalue weighted by Gasteiger charge is 2.57. The Hall–Kier alpha value is 0. The highest BCUT2D eigenvalue weighted by molar-refractivity contribution is 5.07. The van der Waals surface area contributed by atoms with Crippen molar-refractivity contribution in [3.05, 3.63) is 0 Å². The molecule has 0 nitrogen and oxygen atoms in total. The first-order valence-corrected chi connectivity index (χ1v) is 5.62. The summed E-state index contributed by atoms with van der Waals surface area (Å²) in [5.41, 5.74) is 1.43. The van der Waals surface area contributed by atoms with E-state index in [9.17, 15) is 0 Å². The molecule has 0 aromatic rings. The number of hydrogen-bond acceptors (Lipinski definition) is 0. The zero-order valence-corrected chi connectivity index (χ0v) is 8.82. The second kappa shape index (κ2) is 2.49. The van der Waals surface area contributed by atoms with E-state index >= 15 is 0 Å². The summed E-state index contributed by atoms with van der Waals surface area (Å²) in [6.45, 7) is 7.39. The first-order chi connectivity index (χ1) is 5.62. The van der Waals surface area contributed by atoms with Crippen molar-refractivity contribution in [2.24, 2.45) is 16.7 Å². The van der Waals surface area contributed by atoms with Crippen molar-refractivity contribution in [3.63, 3.8) is 0 Å². The van der Waals surface area contributed by atoms with Gasteiger partial charge in [-0.2, -0.15) is 0 Å². The summed E-state index contributed by atoms with van der Waals surface area (Å²) in [6.07, 6.45) is 8.96. The van der Waals surface area contributed by atoms with Crippen LogP contribution in [-0.2, 0) is 0 Å². The second-order valence-corrected chi connectivity index (χ2v) is 5.53. The van der Waals surface area contributed by atoms with Gasteiger partial charge in [0, 0.05) is 0 Å². The third-order valence-electron chi connectivity index (χ3n) is 5.06. The minimum absolute atomic E-state index is 0.670. The van der Waals surface area contributed by atoms with Crippen LogP contribution in [0.1, 0.15) is 59.3 Å². The van der Waals surface area contributed by atoms with E-state index < -0.39 is 0 Å². The fourth-order valence-corrected chi connectivity index (χ4v) is 4.02. The van der Waals surface area contributed by atoms with Crippen LogP contribution in [0.15, 0.2) is 0 Å². The van der Waals surface area contributed by atoms with Crippen LogP contribution in [-0.4, -0.2) is 0 Å². The second-order valence-electron chi connectivity index (χ2n) is 5.53. The van der Waals surface area contributed by atoms with Crippen molar-refractivity contribution in [2.45, 2.75) is 59.3 Å². The van der Waals surface area contributed by atoms with Gasteiger partial charge in [-0.3, -0.25) is 0 Å². The van der Waals surface area contributed by atoms with E-state index in [4.69, 9.17) is 0 Å². The molecule has 0 heterocycles. The molecular formula is C12H22. The molecule has 2 fully saturated rings. The molecule has 2 bridgehead atoms. The first-order valence-electron chi connectivity index (χ1n) is 5.62. The lowest BCUT2D eigenvalue weighted by atomic mass is 9.67. The van der Waals surface area contributed by atoms with Crippen molar-refractivity contribution in [1.82, 2.24) is 0 Å². The van der Waals surface area contributed by atoms with Gasteiger partial charge in [0.05, 0.1) is 0 Å². The quantitative estimate of drug-likeness (QED) is 0.581. The van der Waals surface area contributed by atoms with E-state index in [1.807, 2.05) is 0 Å². The Kier molecular flexibility index (Phi) is 1.79. The zero-order chi connectivity index (χ0) is 8.82. The molecule has 0 atom stereocenters. The predicted molar refractivity (Wildman–Crippen MR) is 53.1 cm³/mol. The van der Waals surface area contributed by atoms with E-state index in [1.165, 1.54) is 38.5 Å². The van der Waals surface area contributed by atoms with Crippen molar-refractivity contribution < 1.29 is 0 Å².